The Bertz CT molecular complexity index is 1110. The number of fused-ring (bicyclic) bond motifs is 1. The van der Waals surface area contributed by atoms with Gasteiger partial charge in [-0.25, -0.2) is 4.98 Å². The summed E-state index contributed by atoms with van der Waals surface area (Å²) in [7, 11) is -4.22. The lowest BCUT2D eigenvalue weighted by atomic mass is 10.2. The third kappa shape index (κ3) is 4.36. The normalized spacial score (nSPS) is 21.6. The van der Waals surface area contributed by atoms with E-state index in [1.165, 1.54) is 0 Å². The predicted octanol–water partition coefficient (Wildman–Crippen LogP) is 1.35. The average Bonchev–Trinajstić information content (AvgIpc) is 3.31. The van der Waals surface area contributed by atoms with Crippen molar-refractivity contribution < 1.29 is 31.5 Å². The second kappa shape index (κ2) is 8.92. The number of nitrogen functional groups attached to an aromatic ring is 1. The molecule has 152 valence electrons. The molecule has 0 spiro atoms. The summed E-state index contributed by atoms with van der Waals surface area (Å²) in [6.45, 7) is 0.924. The molecule has 1 fully saturated rings. The zero-order valence-corrected chi connectivity index (χ0v) is 15.3. The SMILES string of the molecule is [2H]N(CCCN(C)c1nc(N([2H])[2H])c2cc(OC([2H])([2H])[2H])c(OC([2H])([2H])[2H])cc2n1)C(=O)C1CCCO1. The standard InChI is InChI=1S/C19H27N5O4/c1-24(8-5-7-21-18(25)14-6-4-9-28-14)19-22-13-11-16(27-3)15(26-2)10-12(13)17(20)23-19/h10-11,14H,4-9H2,1-3H3,(H,21,25)(H2,20,22,23)/i2D3,3D3/hD3. The molecule has 28 heavy (non-hydrogen) atoms. The molecule has 0 radical (unpaired) electrons. The molecule has 1 aromatic carbocycles. The molecule has 0 saturated carbocycles. The molecule has 1 saturated heterocycles. The van der Waals surface area contributed by atoms with Crippen molar-refractivity contribution in [1.82, 2.24) is 15.3 Å². The van der Waals surface area contributed by atoms with Crippen LogP contribution in [0.3, 0.4) is 0 Å². The Hall–Kier alpha value is -2.81. The summed E-state index contributed by atoms with van der Waals surface area (Å²) in [5, 5.41) is 0.912. The van der Waals surface area contributed by atoms with Crippen molar-refractivity contribution in [3.63, 3.8) is 0 Å². The number of nitrogens with two attached hydrogens (primary N) is 1. The number of anilines is 2. The van der Waals surface area contributed by atoms with E-state index in [-0.39, 0.29) is 34.9 Å². The molecule has 1 atom stereocenters. The highest BCUT2D eigenvalue weighted by molar-refractivity contribution is 5.91. The summed E-state index contributed by atoms with van der Waals surface area (Å²) in [5.74, 6) is -1.42. The van der Waals surface area contributed by atoms with Crippen molar-refractivity contribution in [3.05, 3.63) is 12.1 Å². The predicted molar refractivity (Wildman–Crippen MR) is 107 cm³/mol. The van der Waals surface area contributed by atoms with Gasteiger partial charge in [-0.1, -0.05) is 0 Å². The number of nitrogens with one attached hydrogen (secondary N) is 1. The van der Waals surface area contributed by atoms with Crippen molar-refractivity contribution in [1.29, 1.82) is 0 Å². The van der Waals surface area contributed by atoms with E-state index in [1.807, 2.05) is 0 Å². The molecule has 9 nitrogen and oxygen atoms in total. The van der Waals surface area contributed by atoms with E-state index in [0.29, 0.717) is 26.0 Å². The first-order chi connectivity index (χ1) is 17.1. The molecule has 2 aromatic rings. The van der Waals surface area contributed by atoms with Crippen molar-refractivity contribution in [3.8, 4) is 11.5 Å². The lowest BCUT2D eigenvalue weighted by Crippen LogP contribution is -2.36. The number of hydrogen-bond donors (Lipinski definition) is 2. The van der Waals surface area contributed by atoms with Gasteiger partial charge in [-0.2, -0.15) is 4.98 Å². The van der Waals surface area contributed by atoms with Crippen LogP contribution < -0.4 is 25.4 Å². The summed E-state index contributed by atoms with van der Waals surface area (Å²) in [5.41, 5.74) is 0.278. The molecule has 1 aliphatic heterocycles. The number of carbonyl (C=O) groups excluding carboxylic acids is 1. The Balaban J connectivity index is 1.86. The maximum Gasteiger partial charge on any atom is 0.249 e. The molecule has 3 N–H and O–H groups in total. The Kier molecular flexibility index (Phi) is 3.59. The van der Waals surface area contributed by atoms with Crippen molar-refractivity contribution in [2.75, 3.05) is 51.4 Å². The summed E-state index contributed by atoms with van der Waals surface area (Å²) < 4.78 is 82.8. The van der Waals surface area contributed by atoms with Gasteiger partial charge in [-0.3, -0.25) is 4.79 Å². The van der Waals surface area contributed by atoms with Crippen LogP contribution in [0.1, 0.15) is 27.5 Å². The van der Waals surface area contributed by atoms with Gasteiger partial charge in [0, 0.05) is 38.2 Å². The van der Waals surface area contributed by atoms with Gasteiger partial charge in [0.05, 0.1) is 27.8 Å². The zero-order valence-electron chi connectivity index (χ0n) is 24.3. The van der Waals surface area contributed by atoms with Crippen LogP contribution in [-0.4, -0.2) is 62.8 Å². The monoisotopic (exact) mass is 398 g/mol. The number of methoxy groups -OCH3 is 2. The molecule has 1 aromatic heterocycles. The first-order valence-electron chi connectivity index (χ1n) is 13.1. The summed E-state index contributed by atoms with van der Waals surface area (Å²) in [4.78, 5) is 22.4. The lowest BCUT2D eigenvalue weighted by Gasteiger charge is -2.19. The molecular weight excluding hydrogens is 362 g/mol. The molecule has 3 rings (SSSR count). The van der Waals surface area contributed by atoms with E-state index < -0.39 is 37.6 Å². The fourth-order valence-electron chi connectivity index (χ4n) is 2.91. The number of rotatable bonds is 9. The first-order valence-corrected chi connectivity index (χ1v) is 8.79. The highest BCUT2D eigenvalue weighted by atomic mass is 16.5. The van der Waals surface area contributed by atoms with Gasteiger partial charge >= 0.3 is 0 Å². The highest BCUT2D eigenvalue weighted by Gasteiger charge is 2.22. The number of hydrogen-bond acceptors (Lipinski definition) is 8. The zero-order chi connectivity index (χ0) is 27.5. The van der Waals surface area contributed by atoms with Crippen molar-refractivity contribution in [2.24, 2.45) is 0 Å². The average molecular weight is 399 g/mol. The molecule has 1 aliphatic rings. The van der Waals surface area contributed by atoms with Gasteiger partial charge < -0.3 is 30.1 Å². The largest absolute Gasteiger partial charge is 0.493 e. The Morgan fingerprint density at radius 2 is 2.29 bits per heavy atom. The Labute approximate surface area is 177 Å². The second-order valence-corrected chi connectivity index (χ2v) is 6.36. The molecule has 0 bridgehead atoms. The van der Waals surface area contributed by atoms with Gasteiger partial charge in [0.15, 0.2) is 15.7 Å². The smallest absolute Gasteiger partial charge is 0.249 e. The Morgan fingerprint density at radius 1 is 1.46 bits per heavy atom. The van der Waals surface area contributed by atoms with E-state index in [9.17, 15) is 4.79 Å². The second-order valence-electron chi connectivity index (χ2n) is 6.36. The maximum atomic E-state index is 12.2. The van der Waals surface area contributed by atoms with Crippen LogP contribution in [0.25, 0.3) is 10.9 Å². The summed E-state index contributed by atoms with van der Waals surface area (Å²) >= 11 is 0. The van der Waals surface area contributed by atoms with Crippen LogP contribution in [0.5, 0.6) is 11.5 Å². The van der Waals surface area contributed by atoms with Crippen molar-refractivity contribution in [2.45, 2.75) is 25.4 Å². The topological polar surface area (TPSA) is 112 Å². The first kappa shape index (κ1) is 11.3. The van der Waals surface area contributed by atoms with Gasteiger partial charge in [0.25, 0.3) is 0 Å². The number of carbonyl (C=O) groups is 1. The van der Waals surface area contributed by atoms with Crippen LogP contribution in [0.15, 0.2) is 12.1 Å². The molecule has 9 heteroatoms. The summed E-state index contributed by atoms with van der Waals surface area (Å²) in [6.07, 6.45) is 1.15. The maximum absolute atomic E-state index is 12.2. The minimum Gasteiger partial charge on any atom is -0.493 e. The third-order valence-corrected chi connectivity index (χ3v) is 4.42. The van der Waals surface area contributed by atoms with Gasteiger partial charge in [0.1, 0.15) is 11.9 Å². The van der Waals surface area contributed by atoms with Gasteiger partial charge in [-0.05, 0) is 25.3 Å². The van der Waals surface area contributed by atoms with Crippen LogP contribution in [0.2, 0.25) is 4.24 Å². The third-order valence-electron chi connectivity index (χ3n) is 4.42. The molecule has 1 amide bonds. The number of aromatic nitrogens is 2. The van der Waals surface area contributed by atoms with E-state index >= 15 is 0 Å². The fraction of sp³-hybridized carbons (Fsp3) is 0.526. The van der Waals surface area contributed by atoms with Crippen LogP contribution in [0, 0.1) is 0 Å². The highest BCUT2D eigenvalue weighted by Crippen LogP contribution is 2.33. The van der Waals surface area contributed by atoms with Crippen LogP contribution in [-0.2, 0) is 9.53 Å². The molecular formula is C19H27N5O4. The summed E-state index contributed by atoms with van der Waals surface area (Å²) in [6, 6.07) is 2.24. The molecule has 2 heterocycles. The molecule has 1 unspecified atom stereocenters. The van der Waals surface area contributed by atoms with Crippen molar-refractivity contribution >= 4 is 28.6 Å². The number of nitrogens with zero attached hydrogens (tertiary/aromatic N) is 3. The van der Waals surface area contributed by atoms with E-state index in [4.69, 9.17) is 26.7 Å². The lowest BCUT2D eigenvalue weighted by molar-refractivity contribution is -0.130. The van der Waals surface area contributed by atoms with E-state index in [1.54, 1.807) is 11.9 Å². The number of amides is 1. The minimum atomic E-state index is -2.93. The van der Waals surface area contributed by atoms with Crippen LogP contribution >= 0.6 is 0 Å². The quantitative estimate of drug-likeness (QED) is 0.651. The minimum absolute atomic E-state index is 0.0544. The van der Waals surface area contributed by atoms with Gasteiger partial charge in [0.2, 0.25) is 11.9 Å². The van der Waals surface area contributed by atoms with E-state index in [0.717, 1.165) is 23.9 Å². The number of ether oxygens (including phenoxy) is 3. The van der Waals surface area contributed by atoms with Crippen LogP contribution in [0.4, 0.5) is 11.8 Å². The number of benzene rings is 1. The molecule has 0 aliphatic carbocycles. The van der Waals surface area contributed by atoms with E-state index in [2.05, 4.69) is 9.97 Å². The Morgan fingerprint density at radius 3 is 3.00 bits per heavy atom. The van der Waals surface area contributed by atoms with Gasteiger partial charge in [-0.15, -0.1) is 0 Å². The fourth-order valence-corrected chi connectivity index (χ4v) is 2.91.